The fraction of sp³-hybridized carbons (Fsp3) is 0.714. The van der Waals surface area contributed by atoms with Crippen LogP contribution >= 0.6 is 0 Å². The molecule has 1 saturated carbocycles. The Balaban J connectivity index is 1.14. The van der Waals surface area contributed by atoms with Gasteiger partial charge in [-0.1, -0.05) is 18.9 Å². The van der Waals surface area contributed by atoms with E-state index in [9.17, 15) is 9.90 Å². The van der Waals surface area contributed by atoms with Crippen molar-refractivity contribution < 1.29 is 33.4 Å². The van der Waals surface area contributed by atoms with Crippen LogP contribution in [0.25, 0.3) is 11.0 Å². The second-order valence-corrected chi connectivity index (χ2v) is 11.1. The van der Waals surface area contributed by atoms with Crippen molar-refractivity contribution in [2.24, 2.45) is 23.2 Å². The number of piperidine rings is 1. The Hall–Kier alpha value is -2.36. The number of methoxy groups -OCH3 is 1. The van der Waals surface area contributed by atoms with Gasteiger partial charge in [0.15, 0.2) is 5.58 Å². The molecule has 0 radical (unpaired) electrons. The van der Waals surface area contributed by atoms with Gasteiger partial charge in [0.05, 0.1) is 39.5 Å². The summed E-state index contributed by atoms with van der Waals surface area (Å²) in [5.74, 6) is 1.58. The van der Waals surface area contributed by atoms with Gasteiger partial charge < -0.3 is 33.5 Å². The van der Waals surface area contributed by atoms with E-state index in [0.717, 1.165) is 70.0 Å². The van der Waals surface area contributed by atoms with E-state index in [0.29, 0.717) is 49.6 Å². The van der Waals surface area contributed by atoms with Crippen molar-refractivity contribution in [2.75, 3.05) is 59.8 Å². The third kappa shape index (κ3) is 6.04. The molecular weight excluding hydrogens is 476 g/mol. The number of fused-ring (bicyclic) bond motifs is 1. The van der Waals surface area contributed by atoms with E-state index >= 15 is 0 Å². The van der Waals surface area contributed by atoms with Gasteiger partial charge in [-0.2, -0.15) is 0 Å². The molecule has 2 unspecified atom stereocenters. The second-order valence-electron chi connectivity index (χ2n) is 11.1. The molecule has 2 aliphatic heterocycles. The van der Waals surface area contributed by atoms with Crippen LogP contribution in [0.1, 0.15) is 44.9 Å². The van der Waals surface area contributed by atoms with Crippen molar-refractivity contribution in [3.8, 4) is 11.6 Å². The van der Waals surface area contributed by atoms with Gasteiger partial charge >= 0.3 is 5.97 Å². The first-order valence-corrected chi connectivity index (χ1v) is 13.7. The lowest BCUT2D eigenvalue weighted by Gasteiger charge is -2.37. The van der Waals surface area contributed by atoms with Gasteiger partial charge in [-0.25, -0.2) is 0 Å². The number of hydrogen-bond acceptors (Lipinski definition) is 9. The molecule has 2 aromatic rings. The molecule has 3 fully saturated rings. The summed E-state index contributed by atoms with van der Waals surface area (Å²) in [6, 6.07) is 5.68. The van der Waals surface area contributed by atoms with Gasteiger partial charge in [0.1, 0.15) is 11.1 Å². The smallest absolute Gasteiger partial charge is 0.309 e. The quantitative estimate of drug-likeness (QED) is 0.474. The Morgan fingerprint density at radius 2 is 2.00 bits per heavy atom. The number of aliphatic hydroxyl groups is 1. The number of carbonyl (C=O) groups excluding carboxylic acids is 1. The number of hydrogen-bond donors (Lipinski definition) is 1. The predicted octanol–water partition coefficient (Wildman–Crippen LogP) is 3.68. The lowest BCUT2D eigenvalue weighted by Crippen LogP contribution is -2.44. The third-order valence-corrected chi connectivity index (χ3v) is 8.60. The fourth-order valence-electron chi connectivity index (χ4n) is 6.16. The molecule has 9 nitrogen and oxygen atoms in total. The molecule has 0 amide bonds. The topological polar surface area (TPSA) is 103 Å². The van der Waals surface area contributed by atoms with E-state index in [-0.39, 0.29) is 29.8 Å². The van der Waals surface area contributed by atoms with E-state index in [2.05, 4.69) is 10.1 Å². The fourth-order valence-corrected chi connectivity index (χ4v) is 6.16. The van der Waals surface area contributed by atoms with Gasteiger partial charge in [-0.05, 0) is 68.4 Å². The molecule has 204 valence electrons. The summed E-state index contributed by atoms with van der Waals surface area (Å²) in [7, 11) is 1.47. The van der Waals surface area contributed by atoms with Gasteiger partial charge in [0.25, 0.3) is 5.88 Å². The Morgan fingerprint density at radius 1 is 1.19 bits per heavy atom. The molecule has 1 aromatic heterocycles. The van der Waals surface area contributed by atoms with Crippen molar-refractivity contribution in [1.82, 2.24) is 10.1 Å². The number of aliphatic hydroxyl groups excluding tert-OH is 1. The van der Waals surface area contributed by atoms with Gasteiger partial charge in [-0.15, -0.1) is 0 Å². The average molecular weight is 517 g/mol. The number of aromatic nitrogens is 1. The number of ether oxygens (including phenoxy) is 4. The highest BCUT2D eigenvalue weighted by Crippen LogP contribution is 2.40. The summed E-state index contributed by atoms with van der Waals surface area (Å²) in [6.07, 6.45) is 7.03. The average Bonchev–Trinajstić information content (AvgIpc) is 3.59. The molecule has 3 heterocycles. The van der Waals surface area contributed by atoms with Crippen LogP contribution in [0.2, 0.25) is 0 Å². The van der Waals surface area contributed by atoms with E-state index in [4.69, 9.17) is 23.5 Å². The molecule has 3 aliphatic rings. The highest BCUT2D eigenvalue weighted by molar-refractivity contribution is 5.88. The van der Waals surface area contributed by atoms with E-state index in [1.165, 1.54) is 7.11 Å². The zero-order chi connectivity index (χ0) is 25.7. The lowest BCUT2D eigenvalue weighted by atomic mass is 9.87. The number of rotatable bonds is 10. The minimum atomic E-state index is -0.158. The summed E-state index contributed by atoms with van der Waals surface area (Å²) < 4.78 is 28.6. The summed E-state index contributed by atoms with van der Waals surface area (Å²) in [5, 5.41) is 14.9. The highest BCUT2D eigenvalue weighted by atomic mass is 16.5. The van der Waals surface area contributed by atoms with E-state index in [1.807, 2.05) is 18.2 Å². The molecule has 37 heavy (non-hydrogen) atoms. The number of carbonyl (C=O) groups is 1. The normalized spacial score (nSPS) is 24.8. The zero-order valence-corrected chi connectivity index (χ0v) is 21.9. The van der Waals surface area contributed by atoms with Crippen LogP contribution < -0.4 is 9.47 Å². The first-order valence-electron chi connectivity index (χ1n) is 13.7. The summed E-state index contributed by atoms with van der Waals surface area (Å²) >= 11 is 0. The number of nitrogens with zero attached hydrogens (tertiary/aromatic N) is 2. The highest BCUT2D eigenvalue weighted by Gasteiger charge is 2.35. The molecule has 1 aromatic carbocycles. The van der Waals surface area contributed by atoms with Crippen LogP contribution in [0.3, 0.4) is 0 Å². The number of esters is 1. The molecule has 2 saturated heterocycles. The van der Waals surface area contributed by atoms with Crippen molar-refractivity contribution >= 4 is 16.9 Å². The number of likely N-dealkylation sites (tertiary alicyclic amines) is 1. The Morgan fingerprint density at radius 3 is 2.76 bits per heavy atom. The van der Waals surface area contributed by atoms with Crippen LogP contribution in [-0.2, 0) is 14.3 Å². The van der Waals surface area contributed by atoms with Crippen LogP contribution in [0, 0.1) is 23.2 Å². The van der Waals surface area contributed by atoms with Crippen LogP contribution in [-0.4, -0.2) is 80.9 Å². The zero-order valence-electron chi connectivity index (χ0n) is 21.9. The molecule has 5 rings (SSSR count). The molecule has 1 aliphatic carbocycles. The van der Waals surface area contributed by atoms with E-state index < -0.39 is 0 Å². The Bertz CT molecular complexity index is 1030. The van der Waals surface area contributed by atoms with Crippen molar-refractivity contribution in [2.45, 2.75) is 44.9 Å². The molecule has 2 atom stereocenters. The van der Waals surface area contributed by atoms with Crippen LogP contribution in [0.5, 0.6) is 11.6 Å². The minimum Gasteiger partial charge on any atom is -0.492 e. The van der Waals surface area contributed by atoms with E-state index in [1.54, 1.807) is 0 Å². The molecular formula is C28H40N2O7. The summed E-state index contributed by atoms with van der Waals surface area (Å²) in [6.45, 7) is 5.23. The molecule has 1 N–H and O–H groups in total. The van der Waals surface area contributed by atoms with Gasteiger partial charge in [0, 0.05) is 24.5 Å². The molecule has 0 spiro atoms. The standard InChI is InChI=1S/C28H40N2O7/c1-33-27(32)22-9-14-34-17-21(22)15-30-12-7-20(8-13-30)16-35-26-25-23(5-4-6-24(25)37-29-26)36-19-28(18-31)10-2-3-11-28/h4-6,20-22,31H,2-3,7-19H2,1H3. The summed E-state index contributed by atoms with van der Waals surface area (Å²) in [4.78, 5) is 14.6. The van der Waals surface area contributed by atoms with Gasteiger partial charge in [-0.3, -0.25) is 4.79 Å². The van der Waals surface area contributed by atoms with Crippen molar-refractivity contribution in [3.05, 3.63) is 18.2 Å². The number of benzene rings is 1. The third-order valence-electron chi connectivity index (χ3n) is 8.60. The minimum absolute atomic E-state index is 0.0717. The Labute approximate surface area is 218 Å². The predicted molar refractivity (Wildman–Crippen MR) is 137 cm³/mol. The van der Waals surface area contributed by atoms with Crippen LogP contribution in [0.15, 0.2) is 22.7 Å². The first kappa shape index (κ1) is 26.3. The lowest BCUT2D eigenvalue weighted by molar-refractivity contribution is -0.152. The SMILES string of the molecule is COC(=O)C1CCOCC1CN1CCC(COc2noc3cccc(OCC4(CO)CCCC4)c23)CC1. The maximum Gasteiger partial charge on any atom is 0.309 e. The summed E-state index contributed by atoms with van der Waals surface area (Å²) in [5.41, 5.74) is 0.483. The van der Waals surface area contributed by atoms with Crippen molar-refractivity contribution in [1.29, 1.82) is 0 Å². The Kier molecular flexibility index (Phi) is 8.52. The second kappa shape index (κ2) is 12.0. The molecule has 9 heteroatoms. The first-order chi connectivity index (χ1) is 18.1. The largest absolute Gasteiger partial charge is 0.492 e. The van der Waals surface area contributed by atoms with Gasteiger partial charge in [0.2, 0.25) is 0 Å². The molecule has 0 bridgehead atoms. The maximum absolute atomic E-state index is 12.2. The maximum atomic E-state index is 12.2. The van der Waals surface area contributed by atoms with Crippen LogP contribution in [0.4, 0.5) is 0 Å². The monoisotopic (exact) mass is 516 g/mol. The van der Waals surface area contributed by atoms with Crippen molar-refractivity contribution in [3.63, 3.8) is 0 Å².